The summed E-state index contributed by atoms with van der Waals surface area (Å²) in [6.45, 7) is 0.111. The topological polar surface area (TPSA) is 123 Å². The molecule has 0 bridgehead atoms. The third-order valence-electron chi connectivity index (χ3n) is 7.19. The highest BCUT2D eigenvalue weighted by atomic mass is 16.2. The zero-order valence-electron chi connectivity index (χ0n) is 27.5. The molecule has 0 spiro atoms. The van der Waals surface area contributed by atoms with Crippen LogP contribution in [0.25, 0.3) is 12.2 Å². The highest BCUT2D eigenvalue weighted by Gasteiger charge is 2.17. The number of carbonyl (C=O) groups excluding carboxylic acids is 4. The zero-order chi connectivity index (χ0) is 34.5. The van der Waals surface area contributed by atoms with Crippen molar-refractivity contribution in [3.63, 3.8) is 0 Å². The van der Waals surface area contributed by atoms with Crippen LogP contribution in [0.3, 0.4) is 0 Å². The molecule has 0 aliphatic heterocycles. The van der Waals surface area contributed by atoms with E-state index in [2.05, 4.69) is 21.3 Å². The minimum absolute atomic E-state index is 0.0460. The fourth-order valence-electron chi connectivity index (χ4n) is 4.50. The summed E-state index contributed by atoms with van der Waals surface area (Å²) >= 11 is 0. The molecule has 0 heterocycles. The smallest absolute Gasteiger partial charge is 0.267 e. The zero-order valence-corrected chi connectivity index (χ0v) is 27.5. The molecule has 10 heteroatoms. The van der Waals surface area contributed by atoms with Gasteiger partial charge in [0.25, 0.3) is 23.6 Å². The number of hydrogen-bond acceptors (Lipinski definition) is 6. The van der Waals surface area contributed by atoms with Gasteiger partial charge < -0.3 is 31.1 Å². The highest BCUT2D eigenvalue weighted by molar-refractivity contribution is 6.06. The number of nitrogens with zero attached hydrogens (tertiary/aromatic N) is 2. The number of hydrogen-bond donors (Lipinski definition) is 4. The van der Waals surface area contributed by atoms with Crippen molar-refractivity contribution < 1.29 is 19.2 Å². The molecule has 4 N–H and O–H groups in total. The Labute approximate surface area is 281 Å². The second kappa shape index (κ2) is 17.0. The minimum atomic E-state index is -0.528. The van der Waals surface area contributed by atoms with E-state index in [1.165, 1.54) is 0 Å². The fourth-order valence-corrected chi connectivity index (χ4v) is 4.50. The summed E-state index contributed by atoms with van der Waals surface area (Å²) in [5.74, 6) is -1.92. The summed E-state index contributed by atoms with van der Waals surface area (Å²) in [7, 11) is 7.73. The van der Waals surface area contributed by atoms with E-state index in [1.807, 2.05) is 86.5 Å². The van der Waals surface area contributed by atoms with E-state index in [1.54, 1.807) is 72.8 Å². The van der Waals surface area contributed by atoms with Gasteiger partial charge in [0.05, 0.1) is 0 Å². The van der Waals surface area contributed by atoms with E-state index in [-0.39, 0.29) is 24.5 Å². The van der Waals surface area contributed by atoms with Gasteiger partial charge in [0.2, 0.25) is 0 Å². The van der Waals surface area contributed by atoms with Crippen LogP contribution in [-0.4, -0.2) is 64.9 Å². The van der Waals surface area contributed by atoms with Crippen molar-refractivity contribution in [2.24, 2.45) is 0 Å². The molecule has 48 heavy (non-hydrogen) atoms. The normalized spacial score (nSPS) is 11.2. The van der Waals surface area contributed by atoms with Gasteiger partial charge in [-0.15, -0.1) is 0 Å². The summed E-state index contributed by atoms with van der Waals surface area (Å²) in [4.78, 5) is 56.4. The van der Waals surface area contributed by atoms with Crippen LogP contribution in [0, 0.1) is 0 Å². The number of rotatable bonds is 13. The summed E-state index contributed by atoms with van der Waals surface area (Å²) in [5, 5.41) is 11.0. The summed E-state index contributed by atoms with van der Waals surface area (Å²) < 4.78 is 0. The van der Waals surface area contributed by atoms with Crippen LogP contribution in [0.15, 0.2) is 121 Å². The molecule has 4 aromatic rings. The third-order valence-corrected chi connectivity index (χ3v) is 7.19. The van der Waals surface area contributed by atoms with E-state index >= 15 is 0 Å². The predicted molar refractivity (Wildman–Crippen MR) is 191 cm³/mol. The maximum atomic E-state index is 13.3. The number of nitrogens with one attached hydrogen (secondary N) is 4. The van der Waals surface area contributed by atoms with E-state index < -0.39 is 23.6 Å². The Morgan fingerprint density at radius 2 is 0.833 bits per heavy atom. The van der Waals surface area contributed by atoms with Gasteiger partial charge in [0.15, 0.2) is 0 Å². The molecule has 10 nitrogen and oxygen atoms in total. The number of benzene rings is 4. The molecular weight excluding hydrogens is 604 g/mol. The number of amides is 4. The molecule has 4 rings (SSSR count). The largest absolute Gasteiger partial charge is 0.378 e. The van der Waals surface area contributed by atoms with Crippen molar-refractivity contribution in [3.05, 3.63) is 143 Å². The Kier molecular flexibility index (Phi) is 12.3. The van der Waals surface area contributed by atoms with Crippen LogP contribution in [-0.2, 0) is 9.59 Å². The molecule has 0 saturated carbocycles. The van der Waals surface area contributed by atoms with Crippen LogP contribution in [0.5, 0.6) is 0 Å². The number of carbonyl (C=O) groups is 4. The highest BCUT2D eigenvalue weighted by Crippen LogP contribution is 2.16. The second-order valence-corrected chi connectivity index (χ2v) is 11.2. The van der Waals surface area contributed by atoms with Gasteiger partial charge >= 0.3 is 0 Å². The molecule has 0 unspecified atom stereocenters. The monoisotopic (exact) mass is 644 g/mol. The fraction of sp³-hybridized carbons (Fsp3) is 0.158. The second-order valence-electron chi connectivity index (χ2n) is 11.2. The van der Waals surface area contributed by atoms with Crippen LogP contribution < -0.4 is 31.1 Å². The summed E-state index contributed by atoms with van der Waals surface area (Å²) in [6.07, 6.45) is 3.19. The Hall–Kier alpha value is -6.16. The molecule has 0 aromatic heterocycles. The molecular formula is C38H40N6O4. The van der Waals surface area contributed by atoms with Gasteiger partial charge in [-0.05, 0) is 71.8 Å². The predicted octanol–water partition coefficient (Wildman–Crippen LogP) is 4.29. The number of anilines is 2. The first kappa shape index (κ1) is 34.7. The Morgan fingerprint density at radius 1 is 0.500 bits per heavy atom. The lowest BCUT2D eigenvalue weighted by Crippen LogP contribution is -2.41. The van der Waals surface area contributed by atoms with Crippen molar-refractivity contribution in [1.82, 2.24) is 21.3 Å². The van der Waals surface area contributed by atoms with E-state index in [9.17, 15) is 19.2 Å². The third kappa shape index (κ3) is 10.2. The van der Waals surface area contributed by atoms with E-state index in [0.717, 1.165) is 22.5 Å². The van der Waals surface area contributed by atoms with Crippen LogP contribution in [0.2, 0.25) is 0 Å². The summed E-state index contributed by atoms with van der Waals surface area (Å²) in [6, 6.07) is 32.2. The van der Waals surface area contributed by atoms with Crippen LogP contribution in [0.4, 0.5) is 11.4 Å². The summed E-state index contributed by atoms with van der Waals surface area (Å²) in [5.41, 5.74) is 4.31. The van der Waals surface area contributed by atoms with Crippen molar-refractivity contribution in [1.29, 1.82) is 0 Å². The first-order valence-corrected chi connectivity index (χ1v) is 15.4. The Morgan fingerprint density at radius 3 is 1.15 bits per heavy atom. The quantitative estimate of drug-likeness (QED) is 0.127. The first-order valence-electron chi connectivity index (χ1n) is 15.4. The van der Waals surface area contributed by atoms with Crippen molar-refractivity contribution in [2.45, 2.75) is 0 Å². The lowest BCUT2D eigenvalue weighted by Gasteiger charge is -2.14. The lowest BCUT2D eigenvalue weighted by atomic mass is 10.1. The standard InChI is InChI=1S/C38H40N6O4/c1-43(2)31-19-15-27(16-20-31)25-33(41-35(45)29-11-7-5-8-12-29)37(47)39-23-24-40-38(48)34(42-36(46)30-13-9-6-10-14-30)26-28-17-21-32(22-18-28)44(3)4/h5-22,25-26H,23-24H2,1-4H3,(H,39,47)(H,40,48)(H,41,45)(H,42,46)/b33-25-,34-26-. The first-order chi connectivity index (χ1) is 23.1. The average Bonchev–Trinajstić information content (AvgIpc) is 3.10. The molecule has 246 valence electrons. The molecule has 0 aliphatic carbocycles. The van der Waals surface area contributed by atoms with Crippen molar-refractivity contribution >= 4 is 47.2 Å². The maximum Gasteiger partial charge on any atom is 0.267 e. The van der Waals surface area contributed by atoms with Crippen LogP contribution in [0.1, 0.15) is 31.8 Å². The molecule has 0 radical (unpaired) electrons. The van der Waals surface area contributed by atoms with Crippen molar-refractivity contribution in [2.75, 3.05) is 51.1 Å². The maximum absolute atomic E-state index is 13.3. The molecule has 0 atom stereocenters. The average molecular weight is 645 g/mol. The molecule has 4 amide bonds. The van der Waals surface area contributed by atoms with Gasteiger partial charge in [-0.3, -0.25) is 19.2 Å². The van der Waals surface area contributed by atoms with Gasteiger partial charge in [-0.1, -0.05) is 60.7 Å². The van der Waals surface area contributed by atoms with E-state index in [0.29, 0.717) is 11.1 Å². The SMILES string of the molecule is CN(C)c1ccc(/C=C(\NC(=O)c2ccccc2)C(=O)NCCNC(=O)/C(=C/c2ccc(N(C)C)cc2)NC(=O)c2ccccc2)cc1. The van der Waals surface area contributed by atoms with Gasteiger partial charge in [-0.2, -0.15) is 0 Å². The van der Waals surface area contributed by atoms with Gasteiger partial charge in [0, 0.05) is 63.8 Å². The molecule has 4 aromatic carbocycles. The van der Waals surface area contributed by atoms with Gasteiger partial charge in [0.1, 0.15) is 11.4 Å². The lowest BCUT2D eigenvalue weighted by molar-refractivity contribution is -0.119. The van der Waals surface area contributed by atoms with E-state index in [4.69, 9.17) is 0 Å². The van der Waals surface area contributed by atoms with Crippen LogP contribution >= 0.6 is 0 Å². The Bertz CT molecular complexity index is 1630. The van der Waals surface area contributed by atoms with Crippen molar-refractivity contribution in [3.8, 4) is 0 Å². The van der Waals surface area contributed by atoms with Gasteiger partial charge in [-0.25, -0.2) is 0 Å². The minimum Gasteiger partial charge on any atom is -0.378 e. The molecule has 0 fully saturated rings. The molecule has 0 saturated heterocycles. The molecule has 0 aliphatic rings. The Balaban J connectivity index is 1.45.